The fourth-order valence-electron chi connectivity index (χ4n) is 4.66. The first-order valence-corrected chi connectivity index (χ1v) is 13.9. The van der Waals surface area contributed by atoms with Crippen molar-refractivity contribution in [3.63, 3.8) is 0 Å². The van der Waals surface area contributed by atoms with Gasteiger partial charge in [-0.1, -0.05) is 0 Å². The summed E-state index contributed by atoms with van der Waals surface area (Å²) in [7, 11) is -3.11. The number of nitrogens with zero attached hydrogens (tertiary/aromatic N) is 2. The Balaban J connectivity index is 1.49. The van der Waals surface area contributed by atoms with E-state index in [2.05, 4.69) is 31.9 Å². The van der Waals surface area contributed by atoms with E-state index in [0.717, 1.165) is 31.2 Å². The van der Waals surface area contributed by atoms with Crippen LogP contribution in [-0.4, -0.2) is 71.8 Å². The van der Waals surface area contributed by atoms with Crippen molar-refractivity contribution in [2.24, 2.45) is 11.8 Å². The lowest BCUT2D eigenvalue weighted by Crippen LogP contribution is -2.47. The van der Waals surface area contributed by atoms with Gasteiger partial charge in [0, 0.05) is 32.6 Å². The SMILES string of the molecule is CCS(=O)(=O)N1CCC(C2CCN(C(=O)[C@H](O)Cc3cc(Br)c(O)c(Br)c3)CC2)CC1. The van der Waals surface area contributed by atoms with Gasteiger partial charge >= 0.3 is 0 Å². The summed E-state index contributed by atoms with van der Waals surface area (Å²) in [5, 5.41) is 20.3. The molecule has 0 bridgehead atoms. The minimum atomic E-state index is -3.11. The standard InChI is InChI=1S/C21H30Br2N2O5S/c1-2-31(29,30)25-9-5-16(6-10-25)15-3-7-24(8-4-15)21(28)19(26)13-14-11-17(22)20(27)18(23)12-14/h11-12,15-16,19,26-27H,2-10,13H2,1H3/t19-/m1/s1. The van der Waals surface area contributed by atoms with Crippen LogP contribution in [0.1, 0.15) is 38.2 Å². The predicted octanol–water partition coefficient (Wildman–Crippen LogP) is 3.12. The molecule has 2 saturated heterocycles. The summed E-state index contributed by atoms with van der Waals surface area (Å²) in [6.45, 7) is 4.11. The van der Waals surface area contributed by atoms with Crippen LogP contribution in [0.4, 0.5) is 0 Å². The van der Waals surface area contributed by atoms with Crippen molar-refractivity contribution in [2.45, 2.75) is 45.1 Å². The first-order chi connectivity index (χ1) is 14.6. The molecule has 1 aromatic carbocycles. The summed E-state index contributed by atoms with van der Waals surface area (Å²) in [5.74, 6) is 0.972. The Morgan fingerprint density at radius 2 is 1.55 bits per heavy atom. The highest BCUT2D eigenvalue weighted by atomic mass is 79.9. The molecular formula is C21H30Br2N2O5S. The van der Waals surface area contributed by atoms with Crippen molar-refractivity contribution < 1.29 is 23.4 Å². The first kappa shape index (κ1) is 25.0. The van der Waals surface area contributed by atoms with Crippen LogP contribution in [0, 0.1) is 11.8 Å². The van der Waals surface area contributed by atoms with Crippen LogP contribution in [-0.2, 0) is 21.2 Å². The Labute approximate surface area is 201 Å². The number of aliphatic hydroxyl groups excluding tert-OH is 1. The molecule has 2 aliphatic heterocycles. The molecule has 31 heavy (non-hydrogen) atoms. The number of phenols is 1. The smallest absolute Gasteiger partial charge is 0.251 e. The fourth-order valence-corrected chi connectivity index (χ4v) is 7.07. The zero-order valence-electron chi connectivity index (χ0n) is 17.6. The maximum atomic E-state index is 12.7. The number of likely N-dealkylation sites (tertiary alicyclic amines) is 1. The number of amides is 1. The Morgan fingerprint density at radius 3 is 2.03 bits per heavy atom. The zero-order valence-corrected chi connectivity index (χ0v) is 21.6. The lowest BCUT2D eigenvalue weighted by Gasteiger charge is -2.40. The Bertz CT molecular complexity index is 872. The molecule has 2 heterocycles. The molecule has 7 nitrogen and oxygen atoms in total. The maximum absolute atomic E-state index is 12.7. The lowest BCUT2D eigenvalue weighted by atomic mass is 9.79. The zero-order chi connectivity index (χ0) is 22.8. The van der Waals surface area contributed by atoms with Gasteiger partial charge in [-0.25, -0.2) is 12.7 Å². The minimum absolute atomic E-state index is 0.0877. The summed E-state index contributed by atoms with van der Waals surface area (Å²) in [5.41, 5.74) is 0.751. The van der Waals surface area contributed by atoms with Crippen molar-refractivity contribution in [2.75, 3.05) is 31.9 Å². The number of carbonyl (C=O) groups is 1. The molecule has 2 aliphatic rings. The van der Waals surface area contributed by atoms with E-state index in [1.807, 2.05) is 0 Å². The molecular weight excluding hydrogens is 552 g/mol. The van der Waals surface area contributed by atoms with E-state index < -0.39 is 16.1 Å². The molecule has 0 aromatic heterocycles. The van der Waals surface area contributed by atoms with Gasteiger partial charge in [0.15, 0.2) is 0 Å². The number of aromatic hydroxyl groups is 1. The van der Waals surface area contributed by atoms with Gasteiger partial charge in [0.25, 0.3) is 5.91 Å². The molecule has 3 rings (SSSR count). The second-order valence-corrected chi connectivity index (χ2v) is 12.4. The minimum Gasteiger partial charge on any atom is -0.506 e. The second-order valence-electron chi connectivity index (χ2n) is 8.43. The molecule has 0 unspecified atom stereocenters. The van der Waals surface area contributed by atoms with E-state index >= 15 is 0 Å². The van der Waals surface area contributed by atoms with Crippen LogP contribution in [0.15, 0.2) is 21.1 Å². The molecule has 0 aliphatic carbocycles. The van der Waals surface area contributed by atoms with E-state index in [9.17, 15) is 23.4 Å². The fraction of sp³-hybridized carbons (Fsp3) is 0.667. The van der Waals surface area contributed by atoms with Gasteiger partial charge in [-0.3, -0.25) is 4.79 Å². The van der Waals surface area contributed by atoms with Crippen molar-refractivity contribution in [1.29, 1.82) is 0 Å². The van der Waals surface area contributed by atoms with Crippen LogP contribution in [0.5, 0.6) is 5.75 Å². The number of sulfonamides is 1. The molecule has 10 heteroatoms. The van der Waals surface area contributed by atoms with E-state index in [0.29, 0.717) is 47.0 Å². The van der Waals surface area contributed by atoms with E-state index in [4.69, 9.17) is 0 Å². The highest BCUT2D eigenvalue weighted by molar-refractivity contribution is 9.11. The van der Waals surface area contributed by atoms with Crippen LogP contribution >= 0.6 is 31.9 Å². The molecule has 1 amide bonds. The van der Waals surface area contributed by atoms with E-state index in [-0.39, 0.29) is 23.8 Å². The summed E-state index contributed by atoms with van der Waals surface area (Å²) in [4.78, 5) is 14.5. The third kappa shape index (κ3) is 6.01. The lowest BCUT2D eigenvalue weighted by molar-refractivity contribution is -0.141. The third-order valence-corrected chi connectivity index (χ3v) is 9.66. The summed E-state index contributed by atoms with van der Waals surface area (Å²) < 4.78 is 26.7. The molecule has 1 aromatic rings. The number of phenolic OH excluding ortho intramolecular Hbond substituents is 1. The number of hydrogen-bond acceptors (Lipinski definition) is 5. The normalized spacial score (nSPS) is 20.7. The van der Waals surface area contributed by atoms with Crippen LogP contribution < -0.4 is 0 Å². The summed E-state index contributed by atoms with van der Waals surface area (Å²) >= 11 is 6.54. The molecule has 2 N–H and O–H groups in total. The molecule has 1 atom stereocenters. The Hall–Kier alpha value is -0.680. The summed E-state index contributed by atoms with van der Waals surface area (Å²) in [6.07, 6.45) is 2.60. The number of rotatable bonds is 6. The Kier molecular flexibility index (Phi) is 8.45. The number of hydrogen-bond donors (Lipinski definition) is 2. The van der Waals surface area contributed by atoms with Crippen molar-refractivity contribution >= 4 is 47.8 Å². The number of piperidine rings is 2. The van der Waals surface area contributed by atoms with Crippen LogP contribution in [0.25, 0.3) is 0 Å². The average molecular weight is 582 g/mol. The van der Waals surface area contributed by atoms with Crippen LogP contribution in [0.3, 0.4) is 0 Å². The highest BCUT2D eigenvalue weighted by Gasteiger charge is 2.34. The van der Waals surface area contributed by atoms with Gasteiger partial charge < -0.3 is 15.1 Å². The maximum Gasteiger partial charge on any atom is 0.251 e. The molecule has 0 saturated carbocycles. The van der Waals surface area contributed by atoms with E-state index in [1.54, 1.807) is 28.3 Å². The number of carbonyl (C=O) groups excluding carboxylic acids is 1. The predicted molar refractivity (Wildman–Crippen MR) is 126 cm³/mol. The highest BCUT2D eigenvalue weighted by Crippen LogP contribution is 2.35. The number of halogens is 2. The quantitative estimate of drug-likeness (QED) is 0.538. The monoisotopic (exact) mass is 580 g/mol. The third-order valence-electron chi connectivity index (χ3n) is 6.57. The second kappa shape index (κ2) is 10.5. The topological polar surface area (TPSA) is 98.2 Å². The largest absolute Gasteiger partial charge is 0.506 e. The van der Waals surface area contributed by atoms with Gasteiger partial charge in [-0.2, -0.15) is 0 Å². The molecule has 0 radical (unpaired) electrons. The van der Waals surface area contributed by atoms with Gasteiger partial charge in [0.2, 0.25) is 10.0 Å². The van der Waals surface area contributed by atoms with Gasteiger partial charge in [-0.15, -0.1) is 0 Å². The average Bonchev–Trinajstić information content (AvgIpc) is 2.77. The Morgan fingerprint density at radius 1 is 1.06 bits per heavy atom. The van der Waals surface area contributed by atoms with Gasteiger partial charge in [0.1, 0.15) is 11.9 Å². The van der Waals surface area contributed by atoms with E-state index in [1.165, 1.54) is 0 Å². The molecule has 0 spiro atoms. The first-order valence-electron chi connectivity index (χ1n) is 10.7. The van der Waals surface area contributed by atoms with Gasteiger partial charge in [0.05, 0.1) is 14.7 Å². The summed E-state index contributed by atoms with van der Waals surface area (Å²) in [6, 6.07) is 3.40. The van der Waals surface area contributed by atoms with Crippen molar-refractivity contribution in [3.8, 4) is 5.75 Å². The van der Waals surface area contributed by atoms with Crippen molar-refractivity contribution in [1.82, 2.24) is 9.21 Å². The molecule has 2 fully saturated rings. The number of benzene rings is 1. The number of aliphatic hydroxyl groups is 1. The van der Waals surface area contributed by atoms with Crippen LogP contribution in [0.2, 0.25) is 0 Å². The molecule has 174 valence electrons. The van der Waals surface area contributed by atoms with Crippen molar-refractivity contribution in [3.05, 3.63) is 26.6 Å². The van der Waals surface area contributed by atoms with Gasteiger partial charge in [-0.05, 0) is 94.0 Å².